The van der Waals surface area contributed by atoms with Crippen LogP contribution in [-0.4, -0.2) is 37.9 Å². The summed E-state index contributed by atoms with van der Waals surface area (Å²) in [4.78, 5) is 14.5. The number of aliphatic hydroxyl groups is 1. The maximum atomic E-state index is 11.1. The highest BCUT2D eigenvalue weighted by molar-refractivity contribution is 5.72. The highest BCUT2D eigenvalue weighted by Gasteiger charge is 2.17. The van der Waals surface area contributed by atoms with Crippen LogP contribution in [0.2, 0.25) is 0 Å². The van der Waals surface area contributed by atoms with Gasteiger partial charge in [0.2, 0.25) is 0 Å². The molecule has 0 bridgehead atoms. The highest BCUT2D eigenvalue weighted by atomic mass is 16.5. The van der Waals surface area contributed by atoms with Gasteiger partial charge in [0.15, 0.2) is 17.5 Å². The van der Waals surface area contributed by atoms with Crippen molar-refractivity contribution in [3.05, 3.63) is 76.9 Å². The predicted octanol–water partition coefficient (Wildman–Crippen LogP) is 10.3. The van der Waals surface area contributed by atoms with Gasteiger partial charge >= 0.3 is 0 Å². The van der Waals surface area contributed by atoms with Gasteiger partial charge in [-0.15, -0.1) is 0 Å². The van der Waals surface area contributed by atoms with Gasteiger partial charge in [-0.1, -0.05) is 125 Å². The van der Waals surface area contributed by atoms with Crippen molar-refractivity contribution in [2.45, 2.75) is 118 Å². The summed E-state index contributed by atoms with van der Waals surface area (Å²) in [5.74, 6) is 2.02. The number of aromatic nitrogens is 3. The average Bonchev–Trinajstić information content (AvgIpc) is 3.02. The molecule has 1 atom stereocenters. The van der Waals surface area contributed by atoms with Crippen LogP contribution in [0.25, 0.3) is 34.2 Å². The van der Waals surface area contributed by atoms with Crippen molar-refractivity contribution >= 4 is 0 Å². The zero-order chi connectivity index (χ0) is 32.9. The van der Waals surface area contributed by atoms with E-state index in [4.69, 9.17) is 19.7 Å². The highest BCUT2D eigenvalue weighted by Crippen LogP contribution is 2.34. The Labute approximate surface area is 276 Å². The van der Waals surface area contributed by atoms with E-state index in [9.17, 15) is 10.2 Å². The maximum Gasteiger partial charge on any atom is 0.167 e. The number of aliphatic hydroxyl groups excluding tert-OH is 1. The molecule has 0 aliphatic carbocycles. The van der Waals surface area contributed by atoms with E-state index in [1.54, 1.807) is 18.2 Å². The van der Waals surface area contributed by atoms with Gasteiger partial charge in [-0.3, -0.25) is 0 Å². The molecular weight excluding hydrogens is 570 g/mol. The average molecular weight is 624 g/mol. The van der Waals surface area contributed by atoms with Crippen molar-refractivity contribution in [1.82, 2.24) is 15.0 Å². The number of aryl methyl sites for hydroxylation is 4. The van der Waals surface area contributed by atoms with Crippen LogP contribution in [0.4, 0.5) is 0 Å². The predicted molar refractivity (Wildman–Crippen MR) is 189 cm³/mol. The van der Waals surface area contributed by atoms with Crippen molar-refractivity contribution in [2.24, 2.45) is 0 Å². The number of unbranched alkanes of at least 4 members (excludes halogenated alkanes) is 10. The van der Waals surface area contributed by atoms with Crippen molar-refractivity contribution < 1.29 is 14.9 Å². The summed E-state index contributed by atoms with van der Waals surface area (Å²) in [5.41, 5.74) is 6.82. The molecule has 0 spiro atoms. The van der Waals surface area contributed by atoms with Crippen molar-refractivity contribution in [3.8, 4) is 45.7 Å². The zero-order valence-electron chi connectivity index (χ0n) is 28.6. The first-order valence-corrected chi connectivity index (χ1v) is 17.3. The van der Waals surface area contributed by atoms with E-state index in [1.165, 1.54) is 68.9 Å². The fraction of sp³-hybridized carbons (Fsp3) is 0.475. The number of benzene rings is 3. The second-order valence-corrected chi connectivity index (χ2v) is 12.9. The van der Waals surface area contributed by atoms with Gasteiger partial charge in [-0.05, 0) is 57.4 Å². The minimum Gasteiger partial charge on any atom is -0.507 e. The second kappa shape index (κ2) is 17.8. The molecule has 0 amide bonds. The van der Waals surface area contributed by atoms with Gasteiger partial charge in [0, 0.05) is 17.2 Å². The largest absolute Gasteiger partial charge is 0.507 e. The lowest BCUT2D eigenvalue weighted by molar-refractivity contribution is 0.0973. The fourth-order valence-corrected chi connectivity index (χ4v) is 5.98. The third-order valence-corrected chi connectivity index (χ3v) is 8.67. The van der Waals surface area contributed by atoms with Crippen LogP contribution in [0.15, 0.2) is 54.6 Å². The Morgan fingerprint density at radius 3 is 1.52 bits per heavy atom. The lowest BCUT2D eigenvalue weighted by atomic mass is 10.0. The maximum absolute atomic E-state index is 11.1. The first-order valence-electron chi connectivity index (χ1n) is 17.3. The number of rotatable bonds is 18. The van der Waals surface area contributed by atoms with E-state index in [-0.39, 0.29) is 12.4 Å². The van der Waals surface area contributed by atoms with Crippen LogP contribution in [0, 0.1) is 27.7 Å². The summed E-state index contributed by atoms with van der Waals surface area (Å²) >= 11 is 0. The van der Waals surface area contributed by atoms with E-state index in [2.05, 4.69) is 58.9 Å². The Balaban J connectivity index is 1.38. The summed E-state index contributed by atoms with van der Waals surface area (Å²) in [6.45, 7) is 10.7. The molecule has 6 heteroatoms. The minimum atomic E-state index is -0.537. The molecule has 0 saturated heterocycles. The SMILES string of the molecule is CCCCCCCCCCCCCC(O)COc1ccc(-c2nc(-c3ccc(C)cc3C)nc(-c3ccc(C)cc3C)n2)c(O)c1. The number of ether oxygens (including phenoxy) is 1. The molecule has 0 radical (unpaired) electrons. The summed E-state index contributed by atoms with van der Waals surface area (Å²) < 4.78 is 5.87. The summed E-state index contributed by atoms with van der Waals surface area (Å²) in [6.07, 6.45) is 14.3. The van der Waals surface area contributed by atoms with E-state index >= 15 is 0 Å². The van der Waals surface area contributed by atoms with Gasteiger partial charge in [-0.2, -0.15) is 0 Å². The first-order chi connectivity index (χ1) is 22.2. The fourth-order valence-electron chi connectivity index (χ4n) is 5.98. The lowest BCUT2D eigenvalue weighted by Crippen LogP contribution is -2.17. The first kappa shape index (κ1) is 35.1. The molecule has 246 valence electrons. The minimum absolute atomic E-state index is 0.0155. The molecular formula is C40H53N3O3. The van der Waals surface area contributed by atoms with Gasteiger partial charge in [0.1, 0.15) is 18.1 Å². The summed E-state index contributed by atoms with van der Waals surface area (Å²) in [5, 5.41) is 21.6. The lowest BCUT2D eigenvalue weighted by Gasteiger charge is -2.14. The van der Waals surface area contributed by atoms with Crippen LogP contribution >= 0.6 is 0 Å². The van der Waals surface area contributed by atoms with Crippen LogP contribution in [0.3, 0.4) is 0 Å². The molecule has 1 aromatic heterocycles. The van der Waals surface area contributed by atoms with Crippen molar-refractivity contribution in [1.29, 1.82) is 0 Å². The molecule has 46 heavy (non-hydrogen) atoms. The van der Waals surface area contributed by atoms with Gasteiger partial charge < -0.3 is 14.9 Å². The number of phenols is 1. The van der Waals surface area contributed by atoms with E-state index in [1.807, 2.05) is 12.1 Å². The number of hydrogen-bond acceptors (Lipinski definition) is 6. The van der Waals surface area contributed by atoms with Crippen LogP contribution in [0.5, 0.6) is 11.5 Å². The second-order valence-electron chi connectivity index (χ2n) is 12.9. The van der Waals surface area contributed by atoms with E-state index < -0.39 is 6.10 Å². The topological polar surface area (TPSA) is 88.4 Å². The molecule has 3 aromatic carbocycles. The van der Waals surface area contributed by atoms with Crippen LogP contribution in [0.1, 0.15) is 106 Å². The molecule has 4 aromatic rings. The zero-order valence-corrected chi connectivity index (χ0v) is 28.6. The van der Waals surface area contributed by atoms with E-state index in [0.717, 1.165) is 35.1 Å². The summed E-state index contributed by atoms with van der Waals surface area (Å²) in [7, 11) is 0. The Kier molecular flexibility index (Phi) is 13.6. The van der Waals surface area contributed by atoms with Gasteiger partial charge in [-0.25, -0.2) is 15.0 Å². The number of aromatic hydroxyl groups is 1. The molecule has 0 aliphatic rings. The number of nitrogens with zero attached hydrogens (tertiary/aromatic N) is 3. The molecule has 1 heterocycles. The normalized spacial score (nSPS) is 12.0. The van der Waals surface area contributed by atoms with Crippen LogP contribution < -0.4 is 4.74 Å². The van der Waals surface area contributed by atoms with Crippen molar-refractivity contribution in [2.75, 3.05) is 6.61 Å². The van der Waals surface area contributed by atoms with Crippen LogP contribution in [-0.2, 0) is 0 Å². The Morgan fingerprint density at radius 1 is 0.587 bits per heavy atom. The van der Waals surface area contributed by atoms with Gasteiger partial charge in [0.25, 0.3) is 0 Å². The molecule has 0 fully saturated rings. The molecule has 0 aliphatic heterocycles. The third kappa shape index (κ3) is 10.4. The molecule has 0 saturated carbocycles. The number of hydrogen-bond donors (Lipinski definition) is 2. The molecule has 2 N–H and O–H groups in total. The Morgan fingerprint density at radius 2 is 1.04 bits per heavy atom. The monoisotopic (exact) mass is 623 g/mol. The van der Waals surface area contributed by atoms with Crippen molar-refractivity contribution in [3.63, 3.8) is 0 Å². The molecule has 6 nitrogen and oxygen atoms in total. The molecule has 1 unspecified atom stereocenters. The quantitative estimate of drug-likeness (QED) is 0.107. The standard InChI is InChI=1S/C40H53N3O3/c1-6-7-8-9-10-11-12-13-14-15-16-17-32(44)27-46-33-20-23-36(37(45)26-33)40-42-38(34-21-18-28(2)24-30(34)4)41-39(43-40)35-22-19-29(3)25-31(35)5/h18-26,32,44-45H,6-17,27H2,1-5H3. The third-order valence-electron chi connectivity index (χ3n) is 8.67. The number of phenolic OH excluding ortho intramolecular Hbond substituents is 1. The Hall–Kier alpha value is -3.77. The smallest absolute Gasteiger partial charge is 0.167 e. The Bertz CT molecular complexity index is 1480. The molecule has 4 rings (SSSR count). The summed E-state index contributed by atoms with van der Waals surface area (Å²) in [6, 6.07) is 17.5. The van der Waals surface area contributed by atoms with Gasteiger partial charge in [0.05, 0.1) is 11.7 Å². The van der Waals surface area contributed by atoms with E-state index in [0.29, 0.717) is 35.2 Å².